The standard InChI is InChI=1S/C21H21N3O3/c1-13(2)24-18(10-11-22-24)23-19(25)12-27-21(26)17-9-8-15-7-6-14-4-3-5-16(17)20(14)15/h3-5,8-11,13H,6-7,12H2,1-2H3,(H,23,25). The Morgan fingerprint density at radius 2 is 1.93 bits per heavy atom. The van der Waals surface area contributed by atoms with E-state index >= 15 is 0 Å². The number of nitrogens with one attached hydrogen (secondary N) is 1. The molecule has 138 valence electrons. The number of rotatable bonds is 5. The van der Waals surface area contributed by atoms with E-state index in [2.05, 4.69) is 16.5 Å². The molecular formula is C21H21N3O3. The predicted octanol–water partition coefficient (Wildman–Crippen LogP) is 3.51. The maximum Gasteiger partial charge on any atom is 0.339 e. The van der Waals surface area contributed by atoms with Gasteiger partial charge < -0.3 is 10.1 Å². The highest BCUT2D eigenvalue weighted by Gasteiger charge is 2.20. The van der Waals surface area contributed by atoms with Gasteiger partial charge in [-0.3, -0.25) is 4.79 Å². The Hall–Kier alpha value is -3.15. The Bertz CT molecular complexity index is 1030. The van der Waals surface area contributed by atoms with Crippen molar-refractivity contribution in [2.45, 2.75) is 32.7 Å². The van der Waals surface area contributed by atoms with Gasteiger partial charge in [0.15, 0.2) is 6.61 Å². The van der Waals surface area contributed by atoms with E-state index in [9.17, 15) is 9.59 Å². The van der Waals surface area contributed by atoms with Crippen molar-refractivity contribution in [3.05, 3.63) is 59.3 Å². The highest BCUT2D eigenvalue weighted by atomic mass is 16.5. The fourth-order valence-electron chi connectivity index (χ4n) is 3.64. The lowest BCUT2D eigenvalue weighted by Crippen LogP contribution is -2.23. The van der Waals surface area contributed by atoms with Crippen molar-refractivity contribution in [3.8, 4) is 0 Å². The highest BCUT2D eigenvalue weighted by molar-refractivity contribution is 6.07. The quantitative estimate of drug-likeness (QED) is 0.704. The van der Waals surface area contributed by atoms with Crippen LogP contribution >= 0.6 is 0 Å². The highest BCUT2D eigenvalue weighted by Crippen LogP contribution is 2.33. The third-order valence-electron chi connectivity index (χ3n) is 4.86. The molecule has 0 saturated heterocycles. The average molecular weight is 363 g/mol. The first-order valence-corrected chi connectivity index (χ1v) is 9.08. The van der Waals surface area contributed by atoms with E-state index in [1.807, 2.05) is 32.0 Å². The lowest BCUT2D eigenvalue weighted by atomic mass is 10.00. The number of anilines is 1. The Kier molecular flexibility index (Phi) is 4.39. The van der Waals surface area contributed by atoms with E-state index in [0.29, 0.717) is 11.4 Å². The molecule has 1 heterocycles. The van der Waals surface area contributed by atoms with E-state index < -0.39 is 11.9 Å². The molecule has 27 heavy (non-hydrogen) atoms. The van der Waals surface area contributed by atoms with Crippen molar-refractivity contribution in [2.75, 3.05) is 11.9 Å². The second kappa shape index (κ2) is 6.87. The van der Waals surface area contributed by atoms with Crippen LogP contribution in [0.1, 0.15) is 41.4 Å². The Morgan fingerprint density at radius 3 is 2.70 bits per heavy atom. The molecule has 0 fully saturated rings. The van der Waals surface area contributed by atoms with Crippen LogP contribution in [0.25, 0.3) is 10.8 Å². The predicted molar refractivity (Wildman–Crippen MR) is 103 cm³/mol. The Morgan fingerprint density at radius 1 is 1.15 bits per heavy atom. The van der Waals surface area contributed by atoms with E-state index in [0.717, 1.165) is 23.6 Å². The third kappa shape index (κ3) is 3.18. The molecule has 1 aromatic heterocycles. The van der Waals surface area contributed by atoms with E-state index in [1.54, 1.807) is 23.0 Å². The van der Waals surface area contributed by atoms with Crippen LogP contribution in [0.2, 0.25) is 0 Å². The largest absolute Gasteiger partial charge is 0.452 e. The summed E-state index contributed by atoms with van der Waals surface area (Å²) >= 11 is 0. The molecule has 3 aromatic rings. The summed E-state index contributed by atoms with van der Waals surface area (Å²) in [6.07, 6.45) is 3.61. The van der Waals surface area contributed by atoms with Crippen LogP contribution in [0.3, 0.4) is 0 Å². The van der Waals surface area contributed by atoms with Gasteiger partial charge in [-0.05, 0) is 54.7 Å². The Labute approximate surface area is 157 Å². The molecule has 0 radical (unpaired) electrons. The topological polar surface area (TPSA) is 73.2 Å². The molecule has 2 aromatic carbocycles. The molecule has 0 atom stereocenters. The lowest BCUT2D eigenvalue weighted by molar-refractivity contribution is -0.119. The summed E-state index contributed by atoms with van der Waals surface area (Å²) in [6.45, 7) is 3.60. The van der Waals surface area contributed by atoms with Crippen molar-refractivity contribution in [1.82, 2.24) is 9.78 Å². The van der Waals surface area contributed by atoms with Gasteiger partial charge in [0.2, 0.25) is 0 Å². The zero-order valence-electron chi connectivity index (χ0n) is 15.4. The second-order valence-corrected chi connectivity index (χ2v) is 6.99. The smallest absolute Gasteiger partial charge is 0.339 e. The minimum absolute atomic E-state index is 0.117. The molecule has 0 aliphatic heterocycles. The second-order valence-electron chi connectivity index (χ2n) is 6.99. The van der Waals surface area contributed by atoms with Crippen LogP contribution in [0.15, 0.2) is 42.6 Å². The van der Waals surface area contributed by atoms with Gasteiger partial charge in [-0.25, -0.2) is 9.48 Å². The van der Waals surface area contributed by atoms with Gasteiger partial charge in [-0.2, -0.15) is 5.10 Å². The minimum atomic E-state index is -0.488. The van der Waals surface area contributed by atoms with Crippen molar-refractivity contribution >= 4 is 28.5 Å². The van der Waals surface area contributed by atoms with E-state index in [4.69, 9.17) is 4.74 Å². The summed E-state index contributed by atoms with van der Waals surface area (Å²) in [5, 5.41) is 8.94. The summed E-state index contributed by atoms with van der Waals surface area (Å²) in [5.74, 6) is -0.300. The summed E-state index contributed by atoms with van der Waals surface area (Å²) < 4.78 is 6.96. The monoisotopic (exact) mass is 363 g/mol. The molecule has 0 unspecified atom stereocenters. The van der Waals surface area contributed by atoms with Gasteiger partial charge in [-0.1, -0.05) is 24.3 Å². The summed E-state index contributed by atoms with van der Waals surface area (Å²) in [7, 11) is 0. The van der Waals surface area contributed by atoms with Gasteiger partial charge in [0, 0.05) is 12.1 Å². The van der Waals surface area contributed by atoms with Gasteiger partial charge >= 0.3 is 5.97 Å². The van der Waals surface area contributed by atoms with Crippen molar-refractivity contribution in [1.29, 1.82) is 0 Å². The molecule has 1 N–H and O–H groups in total. The van der Waals surface area contributed by atoms with E-state index in [1.165, 1.54) is 11.1 Å². The number of amides is 1. The van der Waals surface area contributed by atoms with Crippen molar-refractivity contribution in [3.63, 3.8) is 0 Å². The number of aryl methyl sites for hydroxylation is 2. The summed E-state index contributed by atoms with van der Waals surface area (Å²) in [6, 6.07) is 11.6. The van der Waals surface area contributed by atoms with Gasteiger partial charge in [0.05, 0.1) is 11.8 Å². The number of carbonyl (C=O) groups excluding carboxylic acids is 2. The van der Waals surface area contributed by atoms with Gasteiger partial charge in [0.1, 0.15) is 5.82 Å². The normalized spacial score (nSPS) is 12.6. The summed E-state index contributed by atoms with van der Waals surface area (Å²) in [4.78, 5) is 24.7. The summed E-state index contributed by atoms with van der Waals surface area (Å²) in [5.41, 5.74) is 3.02. The molecule has 0 saturated carbocycles. The molecule has 1 aliphatic carbocycles. The minimum Gasteiger partial charge on any atom is -0.452 e. The van der Waals surface area contributed by atoms with Crippen LogP contribution in [-0.4, -0.2) is 28.3 Å². The third-order valence-corrected chi connectivity index (χ3v) is 4.86. The molecule has 4 rings (SSSR count). The van der Waals surface area contributed by atoms with Gasteiger partial charge in [-0.15, -0.1) is 0 Å². The average Bonchev–Trinajstić information content (AvgIpc) is 3.28. The van der Waals surface area contributed by atoms with Gasteiger partial charge in [0.25, 0.3) is 5.91 Å². The fraction of sp³-hybridized carbons (Fsp3) is 0.286. The molecular weight excluding hydrogens is 342 g/mol. The molecule has 6 nitrogen and oxygen atoms in total. The number of hydrogen-bond acceptors (Lipinski definition) is 4. The van der Waals surface area contributed by atoms with Crippen LogP contribution in [0.5, 0.6) is 0 Å². The zero-order chi connectivity index (χ0) is 19.0. The lowest BCUT2D eigenvalue weighted by Gasteiger charge is -2.12. The number of nitrogens with zero attached hydrogens (tertiary/aromatic N) is 2. The molecule has 1 amide bonds. The SMILES string of the molecule is CC(C)n1nccc1NC(=O)COC(=O)c1ccc2c3c(cccc13)CC2. The maximum absolute atomic E-state index is 12.6. The number of ether oxygens (including phenoxy) is 1. The number of aromatic nitrogens is 2. The van der Waals surface area contributed by atoms with Crippen LogP contribution in [0.4, 0.5) is 5.82 Å². The molecule has 0 spiro atoms. The number of carbonyl (C=O) groups is 2. The molecule has 6 heteroatoms. The van der Waals surface area contributed by atoms with E-state index in [-0.39, 0.29) is 12.6 Å². The molecule has 1 aliphatic rings. The van der Waals surface area contributed by atoms with Crippen LogP contribution in [-0.2, 0) is 22.4 Å². The number of hydrogen-bond donors (Lipinski definition) is 1. The Balaban J connectivity index is 1.47. The number of benzene rings is 2. The maximum atomic E-state index is 12.6. The fourth-order valence-corrected chi connectivity index (χ4v) is 3.64. The van der Waals surface area contributed by atoms with Crippen molar-refractivity contribution in [2.24, 2.45) is 0 Å². The zero-order valence-corrected chi connectivity index (χ0v) is 15.4. The first kappa shape index (κ1) is 17.3. The van der Waals surface area contributed by atoms with Crippen LogP contribution < -0.4 is 5.32 Å². The first-order chi connectivity index (χ1) is 13.0. The first-order valence-electron chi connectivity index (χ1n) is 9.08. The number of esters is 1. The van der Waals surface area contributed by atoms with Crippen LogP contribution in [0, 0.1) is 0 Å². The van der Waals surface area contributed by atoms with Crippen molar-refractivity contribution < 1.29 is 14.3 Å². The molecule has 0 bridgehead atoms.